The maximum Gasteiger partial charge on any atom is 0.272 e. The first-order chi connectivity index (χ1) is 11.6. The van der Waals surface area contributed by atoms with Crippen molar-refractivity contribution in [3.8, 4) is 0 Å². The van der Waals surface area contributed by atoms with Crippen molar-refractivity contribution in [2.75, 3.05) is 7.05 Å². The lowest BCUT2D eigenvalue weighted by Crippen LogP contribution is -2.56. The quantitative estimate of drug-likeness (QED) is 0.737. The van der Waals surface area contributed by atoms with E-state index in [0.717, 1.165) is 5.56 Å². The minimum Gasteiger partial charge on any atom is -0.267 e. The monoisotopic (exact) mass is 358 g/mol. The van der Waals surface area contributed by atoms with E-state index >= 15 is 0 Å². The molecule has 0 heterocycles. The van der Waals surface area contributed by atoms with Gasteiger partial charge >= 0.3 is 0 Å². The van der Waals surface area contributed by atoms with Crippen LogP contribution in [0.1, 0.15) is 47.1 Å². The van der Waals surface area contributed by atoms with E-state index in [1.165, 1.54) is 10.0 Å². The Hall–Kier alpha value is -2.33. The van der Waals surface area contributed by atoms with Gasteiger partial charge in [0.1, 0.15) is 0 Å². The highest BCUT2D eigenvalue weighted by molar-refractivity contribution is 6.30. The summed E-state index contributed by atoms with van der Waals surface area (Å²) in [6.45, 7) is 7.62. The van der Waals surface area contributed by atoms with Crippen LogP contribution in [0.3, 0.4) is 0 Å². The zero-order valence-electron chi connectivity index (χ0n) is 15.2. The van der Waals surface area contributed by atoms with Gasteiger partial charge < -0.3 is 0 Å². The maximum absolute atomic E-state index is 13.1. The topological polar surface area (TPSA) is 40.6 Å². The van der Waals surface area contributed by atoms with Gasteiger partial charge in [0.25, 0.3) is 11.8 Å². The molecule has 0 saturated carbocycles. The lowest BCUT2D eigenvalue weighted by molar-refractivity contribution is -0.0308. The van der Waals surface area contributed by atoms with Gasteiger partial charge in [-0.15, -0.1) is 0 Å². The molecule has 0 saturated heterocycles. The van der Waals surface area contributed by atoms with Crippen LogP contribution in [-0.2, 0) is 0 Å². The molecule has 0 aliphatic rings. The lowest BCUT2D eigenvalue weighted by atomic mass is 10.0. The second-order valence-electron chi connectivity index (χ2n) is 6.99. The number of amides is 2. The number of halogens is 1. The maximum atomic E-state index is 13.1. The number of nitrogens with zero attached hydrogens (tertiary/aromatic N) is 2. The van der Waals surface area contributed by atoms with Crippen LogP contribution >= 0.6 is 11.6 Å². The van der Waals surface area contributed by atoms with Gasteiger partial charge in [-0.05, 0) is 64.1 Å². The molecule has 0 aliphatic carbocycles. The second kappa shape index (κ2) is 7.28. The van der Waals surface area contributed by atoms with Crippen molar-refractivity contribution in [3.63, 3.8) is 0 Å². The Bertz CT molecular complexity index is 779. The van der Waals surface area contributed by atoms with Gasteiger partial charge in [-0.25, -0.2) is 10.0 Å². The first kappa shape index (κ1) is 19.0. The highest BCUT2D eigenvalue weighted by Crippen LogP contribution is 2.22. The molecule has 4 nitrogen and oxygen atoms in total. The van der Waals surface area contributed by atoms with Crippen molar-refractivity contribution in [1.29, 1.82) is 0 Å². The van der Waals surface area contributed by atoms with E-state index < -0.39 is 5.54 Å². The van der Waals surface area contributed by atoms with E-state index in [1.54, 1.807) is 37.4 Å². The molecule has 0 unspecified atom stereocenters. The fraction of sp³-hybridized carbons (Fsp3) is 0.300. The number of carbonyl (C=O) groups is 2. The Morgan fingerprint density at radius 2 is 1.52 bits per heavy atom. The number of hydrazine groups is 1. The molecule has 0 radical (unpaired) electrons. The van der Waals surface area contributed by atoms with Crippen LogP contribution in [0.2, 0.25) is 5.02 Å². The zero-order valence-corrected chi connectivity index (χ0v) is 16.0. The van der Waals surface area contributed by atoms with E-state index in [9.17, 15) is 9.59 Å². The summed E-state index contributed by atoms with van der Waals surface area (Å²) >= 11 is 5.89. The standard InChI is InChI=1S/C20H23ClN2O2/c1-14-7-6-8-16(13-14)19(25)23(20(2,3)4)22(5)18(24)15-9-11-17(21)12-10-15/h6-13H,1-5H3. The van der Waals surface area contributed by atoms with Crippen LogP contribution in [0.15, 0.2) is 48.5 Å². The predicted octanol–water partition coefficient (Wildman–Crippen LogP) is 4.58. The SMILES string of the molecule is Cc1cccc(C(=O)N(N(C)C(=O)c2ccc(Cl)cc2)C(C)(C)C)c1. The van der Waals surface area contributed by atoms with Crippen molar-refractivity contribution in [3.05, 3.63) is 70.2 Å². The molecular weight excluding hydrogens is 336 g/mol. The molecular formula is C20H23ClN2O2. The van der Waals surface area contributed by atoms with Crippen LogP contribution < -0.4 is 0 Å². The molecule has 2 aromatic rings. The summed E-state index contributed by atoms with van der Waals surface area (Å²) < 4.78 is 0. The van der Waals surface area contributed by atoms with Crippen LogP contribution in [0.4, 0.5) is 0 Å². The van der Waals surface area contributed by atoms with Crippen LogP contribution in [0.25, 0.3) is 0 Å². The summed E-state index contributed by atoms with van der Waals surface area (Å²) in [5.74, 6) is -0.492. The first-order valence-corrected chi connectivity index (χ1v) is 8.44. The molecule has 25 heavy (non-hydrogen) atoms. The van der Waals surface area contributed by atoms with E-state index in [1.807, 2.05) is 45.9 Å². The second-order valence-corrected chi connectivity index (χ2v) is 7.43. The predicted molar refractivity (Wildman–Crippen MR) is 101 cm³/mol. The van der Waals surface area contributed by atoms with E-state index in [0.29, 0.717) is 16.1 Å². The zero-order chi connectivity index (χ0) is 18.8. The van der Waals surface area contributed by atoms with Crippen molar-refractivity contribution < 1.29 is 9.59 Å². The number of carbonyl (C=O) groups excluding carboxylic acids is 2. The third-order valence-electron chi connectivity index (χ3n) is 3.78. The summed E-state index contributed by atoms with van der Waals surface area (Å²) in [4.78, 5) is 25.9. The van der Waals surface area contributed by atoms with Crippen molar-refractivity contribution in [2.45, 2.75) is 33.2 Å². The Kier molecular flexibility index (Phi) is 5.53. The number of hydrogen-bond donors (Lipinski definition) is 0. The molecule has 0 N–H and O–H groups in total. The van der Waals surface area contributed by atoms with Gasteiger partial charge in [-0.1, -0.05) is 29.3 Å². The van der Waals surface area contributed by atoms with E-state index in [-0.39, 0.29) is 11.8 Å². The van der Waals surface area contributed by atoms with Gasteiger partial charge in [-0.3, -0.25) is 9.59 Å². The van der Waals surface area contributed by atoms with Gasteiger partial charge in [0.2, 0.25) is 0 Å². The lowest BCUT2D eigenvalue weighted by Gasteiger charge is -2.41. The van der Waals surface area contributed by atoms with Crippen molar-refractivity contribution in [1.82, 2.24) is 10.0 Å². The number of benzene rings is 2. The molecule has 0 fully saturated rings. The van der Waals surface area contributed by atoms with Gasteiger partial charge in [0, 0.05) is 23.2 Å². The highest BCUT2D eigenvalue weighted by atomic mass is 35.5. The summed E-state index contributed by atoms with van der Waals surface area (Å²) in [6, 6.07) is 14.0. The average molecular weight is 359 g/mol. The Labute approximate surface area is 154 Å². The molecule has 2 amide bonds. The molecule has 2 rings (SSSR count). The summed E-state index contributed by atoms with van der Waals surface area (Å²) in [6.07, 6.45) is 0. The average Bonchev–Trinajstić information content (AvgIpc) is 2.53. The smallest absolute Gasteiger partial charge is 0.267 e. The number of rotatable bonds is 2. The number of hydrogen-bond acceptors (Lipinski definition) is 2. The van der Waals surface area contributed by atoms with Crippen LogP contribution in [0, 0.1) is 6.92 Å². The highest BCUT2D eigenvalue weighted by Gasteiger charge is 2.33. The molecule has 0 bridgehead atoms. The Morgan fingerprint density at radius 3 is 2.04 bits per heavy atom. The molecule has 132 valence electrons. The largest absolute Gasteiger partial charge is 0.272 e. The third-order valence-corrected chi connectivity index (χ3v) is 4.03. The summed E-state index contributed by atoms with van der Waals surface area (Å²) in [5, 5.41) is 3.41. The third kappa shape index (κ3) is 4.40. The minimum atomic E-state index is -0.572. The van der Waals surface area contributed by atoms with Crippen molar-refractivity contribution in [2.24, 2.45) is 0 Å². The minimum absolute atomic E-state index is 0.221. The van der Waals surface area contributed by atoms with E-state index in [2.05, 4.69) is 0 Å². The molecule has 0 aromatic heterocycles. The normalized spacial score (nSPS) is 11.1. The fourth-order valence-corrected chi connectivity index (χ4v) is 2.79. The van der Waals surface area contributed by atoms with Gasteiger partial charge in [-0.2, -0.15) is 0 Å². The summed E-state index contributed by atoms with van der Waals surface area (Å²) in [7, 11) is 1.61. The first-order valence-electron chi connectivity index (χ1n) is 8.06. The fourth-order valence-electron chi connectivity index (χ4n) is 2.66. The number of aryl methyl sites for hydroxylation is 1. The molecule has 0 spiro atoms. The molecule has 0 atom stereocenters. The molecule has 5 heteroatoms. The Balaban J connectivity index is 2.38. The Morgan fingerprint density at radius 1 is 0.920 bits per heavy atom. The summed E-state index contributed by atoms with van der Waals surface area (Å²) in [5.41, 5.74) is 1.44. The van der Waals surface area contributed by atoms with Crippen molar-refractivity contribution >= 4 is 23.4 Å². The van der Waals surface area contributed by atoms with Crippen LogP contribution in [-0.4, -0.2) is 34.4 Å². The van der Waals surface area contributed by atoms with Gasteiger partial charge in [0.15, 0.2) is 0 Å². The van der Waals surface area contributed by atoms with Gasteiger partial charge in [0.05, 0.1) is 5.54 Å². The molecule has 0 aliphatic heterocycles. The molecule has 2 aromatic carbocycles. The van der Waals surface area contributed by atoms with E-state index in [4.69, 9.17) is 11.6 Å². The van der Waals surface area contributed by atoms with Crippen LogP contribution in [0.5, 0.6) is 0 Å².